The van der Waals surface area contributed by atoms with Gasteiger partial charge in [-0.15, -0.1) is 0 Å². The lowest BCUT2D eigenvalue weighted by Gasteiger charge is -2.12. The average Bonchev–Trinajstić information content (AvgIpc) is 2.84. The van der Waals surface area contributed by atoms with E-state index < -0.39 is 29.9 Å². The number of methoxy groups -OCH3 is 1. The molecular weight excluding hydrogens is 445 g/mol. The van der Waals surface area contributed by atoms with Crippen LogP contribution in [0.15, 0.2) is 59.4 Å². The minimum absolute atomic E-state index is 0.0709. The van der Waals surface area contributed by atoms with Crippen LogP contribution in [0.5, 0.6) is 11.5 Å². The maximum Gasteiger partial charge on any atom is 0.362 e. The standard InChI is InChI=1S/C24H24FN3O6/c1-3-33-24(31)23-20(14-22(30)28(27-23)18-8-6-17(25)7-9-18)34-15-21(29)26-13-12-16-4-10-19(32-2)11-5-16/h4-11,14H,3,12-13,15H2,1-2H3,(H,26,29). The van der Waals surface area contributed by atoms with Gasteiger partial charge in [0.1, 0.15) is 11.6 Å². The quantitative estimate of drug-likeness (QED) is 0.454. The highest BCUT2D eigenvalue weighted by molar-refractivity contribution is 5.90. The minimum atomic E-state index is -0.826. The number of carbonyl (C=O) groups excluding carboxylic acids is 2. The van der Waals surface area contributed by atoms with E-state index in [4.69, 9.17) is 14.2 Å². The Bertz CT molecular complexity index is 1190. The summed E-state index contributed by atoms with van der Waals surface area (Å²) in [7, 11) is 1.59. The Labute approximate surface area is 195 Å². The first-order valence-electron chi connectivity index (χ1n) is 10.5. The van der Waals surface area contributed by atoms with Crippen LogP contribution in [0.1, 0.15) is 23.0 Å². The highest BCUT2D eigenvalue weighted by Crippen LogP contribution is 2.17. The van der Waals surface area contributed by atoms with Gasteiger partial charge in [-0.05, 0) is 55.3 Å². The second kappa shape index (κ2) is 11.6. The lowest BCUT2D eigenvalue weighted by Crippen LogP contribution is -2.32. The average molecular weight is 469 g/mol. The molecule has 0 aliphatic heterocycles. The van der Waals surface area contributed by atoms with Crippen molar-refractivity contribution in [1.29, 1.82) is 0 Å². The molecule has 1 N–H and O–H groups in total. The third-order valence-electron chi connectivity index (χ3n) is 4.69. The molecule has 0 radical (unpaired) electrons. The van der Waals surface area contributed by atoms with Crippen LogP contribution in [-0.4, -0.2) is 48.5 Å². The van der Waals surface area contributed by atoms with E-state index in [9.17, 15) is 18.8 Å². The number of esters is 1. The maximum atomic E-state index is 13.2. The lowest BCUT2D eigenvalue weighted by atomic mass is 10.1. The van der Waals surface area contributed by atoms with Gasteiger partial charge in [-0.25, -0.2) is 9.18 Å². The topological polar surface area (TPSA) is 109 Å². The number of nitrogens with one attached hydrogen (secondary N) is 1. The number of rotatable bonds is 10. The van der Waals surface area contributed by atoms with Crippen molar-refractivity contribution >= 4 is 11.9 Å². The second-order valence-electron chi connectivity index (χ2n) is 7.04. The molecule has 0 unspecified atom stereocenters. The summed E-state index contributed by atoms with van der Waals surface area (Å²) in [6.07, 6.45) is 0.596. The monoisotopic (exact) mass is 469 g/mol. The van der Waals surface area contributed by atoms with E-state index in [2.05, 4.69) is 10.4 Å². The van der Waals surface area contributed by atoms with Crippen LogP contribution in [-0.2, 0) is 16.0 Å². The normalized spacial score (nSPS) is 10.4. The number of hydrogen-bond donors (Lipinski definition) is 1. The Hall–Kier alpha value is -4.21. The summed E-state index contributed by atoms with van der Waals surface area (Å²) < 4.78 is 29.7. The van der Waals surface area contributed by atoms with Crippen molar-refractivity contribution in [2.24, 2.45) is 0 Å². The number of halogens is 1. The fraction of sp³-hybridized carbons (Fsp3) is 0.250. The molecule has 0 aliphatic carbocycles. The number of aromatic nitrogens is 2. The van der Waals surface area contributed by atoms with Gasteiger partial charge in [-0.3, -0.25) is 9.59 Å². The number of carbonyl (C=O) groups is 2. The summed E-state index contributed by atoms with van der Waals surface area (Å²) in [5, 5.41) is 6.74. The Morgan fingerprint density at radius 3 is 2.44 bits per heavy atom. The number of ether oxygens (including phenoxy) is 3. The van der Waals surface area contributed by atoms with Crippen LogP contribution in [0.25, 0.3) is 5.69 Å². The van der Waals surface area contributed by atoms with E-state index >= 15 is 0 Å². The van der Waals surface area contributed by atoms with Crippen LogP contribution < -0.4 is 20.3 Å². The molecule has 178 valence electrons. The maximum absolute atomic E-state index is 13.2. The van der Waals surface area contributed by atoms with Gasteiger partial charge in [-0.1, -0.05) is 12.1 Å². The third-order valence-corrected chi connectivity index (χ3v) is 4.69. The van der Waals surface area contributed by atoms with Gasteiger partial charge >= 0.3 is 5.97 Å². The Morgan fingerprint density at radius 1 is 1.09 bits per heavy atom. The molecule has 1 aromatic heterocycles. The number of nitrogens with zero attached hydrogens (tertiary/aromatic N) is 2. The fourth-order valence-electron chi connectivity index (χ4n) is 2.99. The third kappa shape index (κ3) is 6.41. The lowest BCUT2D eigenvalue weighted by molar-refractivity contribution is -0.123. The van der Waals surface area contributed by atoms with E-state index in [1.54, 1.807) is 14.0 Å². The van der Waals surface area contributed by atoms with Crippen LogP contribution >= 0.6 is 0 Å². The second-order valence-corrected chi connectivity index (χ2v) is 7.04. The van der Waals surface area contributed by atoms with Gasteiger partial charge in [0, 0.05) is 6.54 Å². The van der Waals surface area contributed by atoms with E-state index in [1.807, 2.05) is 24.3 Å². The van der Waals surface area contributed by atoms with Crippen molar-refractivity contribution in [3.05, 3.63) is 82.0 Å². The summed E-state index contributed by atoms with van der Waals surface area (Å²) in [4.78, 5) is 37.1. The van der Waals surface area contributed by atoms with Crippen LogP contribution in [0, 0.1) is 5.82 Å². The summed E-state index contributed by atoms with van der Waals surface area (Å²) in [5.41, 5.74) is 0.353. The predicted octanol–water partition coefficient (Wildman–Crippen LogP) is 2.29. The summed E-state index contributed by atoms with van der Waals surface area (Å²) >= 11 is 0. The molecule has 0 spiro atoms. The fourth-order valence-corrected chi connectivity index (χ4v) is 2.99. The zero-order chi connectivity index (χ0) is 24.5. The first-order chi connectivity index (χ1) is 16.4. The smallest absolute Gasteiger partial charge is 0.362 e. The molecule has 3 rings (SSSR count). The Morgan fingerprint density at radius 2 is 1.79 bits per heavy atom. The molecule has 1 heterocycles. The molecule has 2 aromatic carbocycles. The van der Waals surface area contributed by atoms with Gasteiger partial charge in [-0.2, -0.15) is 9.78 Å². The Kier molecular flexibility index (Phi) is 8.33. The van der Waals surface area contributed by atoms with Crippen molar-refractivity contribution in [3.63, 3.8) is 0 Å². The van der Waals surface area contributed by atoms with Crippen molar-refractivity contribution in [3.8, 4) is 17.2 Å². The molecular formula is C24H24FN3O6. The van der Waals surface area contributed by atoms with Crippen LogP contribution in [0.3, 0.4) is 0 Å². The van der Waals surface area contributed by atoms with E-state index in [1.165, 1.54) is 12.1 Å². The largest absolute Gasteiger partial charge is 0.497 e. The number of benzene rings is 2. The zero-order valence-corrected chi connectivity index (χ0v) is 18.7. The molecule has 0 aliphatic rings. The van der Waals surface area contributed by atoms with Crippen molar-refractivity contribution in [2.75, 3.05) is 26.9 Å². The molecule has 0 bridgehead atoms. The first kappa shape index (κ1) is 24.4. The van der Waals surface area contributed by atoms with Crippen LogP contribution in [0.4, 0.5) is 4.39 Å². The molecule has 0 saturated carbocycles. The van der Waals surface area contributed by atoms with E-state index in [-0.39, 0.29) is 23.7 Å². The number of amides is 1. The molecule has 3 aromatic rings. The van der Waals surface area contributed by atoms with Gasteiger partial charge in [0.05, 0.1) is 25.5 Å². The first-order valence-corrected chi connectivity index (χ1v) is 10.5. The molecule has 1 amide bonds. The summed E-state index contributed by atoms with van der Waals surface area (Å²) in [5.74, 6) is -1.19. The van der Waals surface area contributed by atoms with Crippen molar-refractivity contribution in [1.82, 2.24) is 15.1 Å². The van der Waals surface area contributed by atoms with Crippen molar-refractivity contribution < 1.29 is 28.2 Å². The highest BCUT2D eigenvalue weighted by Gasteiger charge is 2.20. The van der Waals surface area contributed by atoms with Crippen molar-refractivity contribution in [2.45, 2.75) is 13.3 Å². The van der Waals surface area contributed by atoms with Gasteiger partial charge < -0.3 is 19.5 Å². The summed E-state index contributed by atoms with van der Waals surface area (Å²) in [6, 6.07) is 13.5. The molecule has 0 fully saturated rings. The molecule has 34 heavy (non-hydrogen) atoms. The molecule has 0 saturated heterocycles. The van der Waals surface area contributed by atoms with Gasteiger partial charge in [0.15, 0.2) is 12.4 Å². The SMILES string of the molecule is CCOC(=O)c1nn(-c2ccc(F)cc2)c(=O)cc1OCC(=O)NCCc1ccc(OC)cc1. The van der Waals surface area contributed by atoms with E-state index in [0.29, 0.717) is 13.0 Å². The van der Waals surface area contributed by atoms with Gasteiger partial charge in [0.25, 0.3) is 11.5 Å². The van der Waals surface area contributed by atoms with E-state index in [0.717, 1.165) is 34.2 Å². The molecule has 9 nitrogen and oxygen atoms in total. The Balaban J connectivity index is 1.67. The van der Waals surface area contributed by atoms with Crippen LogP contribution in [0.2, 0.25) is 0 Å². The van der Waals surface area contributed by atoms with Gasteiger partial charge in [0.2, 0.25) is 5.69 Å². The highest BCUT2D eigenvalue weighted by atomic mass is 19.1. The summed E-state index contributed by atoms with van der Waals surface area (Å²) in [6.45, 7) is 1.62. The number of hydrogen-bond acceptors (Lipinski definition) is 7. The molecule has 0 atom stereocenters. The predicted molar refractivity (Wildman–Crippen MR) is 121 cm³/mol. The molecule has 10 heteroatoms. The minimum Gasteiger partial charge on any atom is -0.497 e. The zero-order valence-electron chi connectivity index (χ0n) is 18.7.